The van der Waals surface area contributed by atoms with Crippen LogP contribution in [-0.4, -0.2) is 17.2 Å². The van der Waals surface area contributed by atoms with Crippen molar-refractivity contribution in [3.63, 3.8) is 0 Å². The molecule has 0 saturated carbocycles. The predicted octanol–water partition coefficient (Wildman–Crippen LogP) is 4.28. The maximum Gasteiger partial charge on any atom is 0.177 e. The first kappa shape index (κ1) is 12.9. The lowest BCUT2D eigenvalue weighted by Crippen LogP contribution is -2.26. The Kier molecular flexibility index (Phi) is 3.06. The van der Waals surface area contributed by atoms with Gasteiger partial charge in [0.2, 0.25) is 0 Å². The summed E-state index contributed by atoms with van der Waals surface area (Å²) in [6, 6.07) is 1.86. The third kappa shape index (κ3) is 2.15. The van der Waals surface area contributed by atoms with Crippen molar-refractivity contribution in [1.82, 2.24) is 5.16 Å². The van der Waals surface area contributed by atoms with Gasteiger partial charge < -0.3 is 4.52 Å². The molecule has 0 N–H and O–H groups in total. The third-order valence-electron chi connectivity index (χ3n) is 3.40. The molecule has 0 bridgehead atoms. The number of rotatable bonds is 2. The minimum Gasteiger partial charge on any atom is -0.355 e. The number of thioether (sulfide) groups is 1. The van der Waals surface area contributed by atoms with Crippen molar-refractivity contribution in [2.75, 3.05) is 6.26 Å². The normalized spacial score (nSPS) is 17.5. The van der Waals surface area contributed by atoms with E-state index < -0.39 is 0 Å². The molecule has 2 aromatic rings. The van der Waals surface area contributed by atoms with Crippen molar-refractivity contribution in [3.05, 3.63) is 23.4 Å². The molecule has 0 saturated heterocycles. The van der Waals surface area contributed by atoms with Crippen molar-refractivity contribution in [2.45, 2.75) is 30.9 Å². The second kappa shape index (κ2) is 4.49. The topological polar surface area (TPSA) is 43.1 Å². The second-order valence-corrected chi connectivity index (χ2v) is 7.69. The van der Waals surface area contributed by atoms with Gasteiger partial charge in [-0.3, -0.25) is 4.79 Å². The minimum atomic E-state index is 0.0234. The van der Waals surface area contributed by atoms with E-state index in [1.165, 1.54) is 0 Å². The van der Waals surface area contributed by atoms with E-state index in [-0.39, 0.29) is 11.2 Å². The van der Waals surface area contributed by atoms with Crippen LogP contribution in [0.1, 0.15) is 36.2 Å². The van der Waals surface area contributed by atoms with Crippen molar-refractivity contribution in [3.8, 4) is 10.6 Å². The van der Waals surface area contributed by atoms with Crippen LogP contribution in [0, 0.1) is 5.41 Å². The van der Waals surface area contributed by atoms with E-state index in [1.54, 1.807) is 29.3 Å². The van der Waals surface area contributed by atoms with Gasteiger partial charge in [-0.05, 0) is 23.7 Å². The van der Waals surface area contributed by atoms with Gasteiger partial charge in [0, 0.05) is 18.1 Å². The van der Waals surface area contributed by atoms with E-state index in [1.807, 2.05) is 12.3 Å². The van der Waals surface area contributed by atoms with Crippen LogP contribution in [0.2, 0.25) is 0 Å². The molecular formula is C14H15NO2S2. The molecule has 3 rings (SSSR count). The maximum atomic E-state index is 12.4. The van der Waals surface area contributed by atoms with E-state index in [4.69, 9.17) is 4.52 Å². The first-order valence-electron chi connectivity index (χ1n) is 6.16. The van der Waals surface area contributed by atoms with Crippen LogP contribution >= 0.6 is 23.1 Å². The summed E-state index contributed by atoms with van der Waals surface area (Å²) < 4.78 is 6.39. The lowest BCUT2D eigenvalue weighted by molar-refractivity contribution is 0.0910. The van der Waals surface area contributed by atoms with Gasteiger partial charge in [-0.15, -0.1) is 23.1 Å². The lowest BCUT2D eigenvalue weighted by Gasteiger charge is -2.29. The molecule has 0 aliphatic heterocycles. The zero-order chi connectivity index (χ0) is 13.6. The molecule has 0 atom stereocenters. The summed E-state index contributed by atoms with van der Waals surface area (Å²) in [5.41, 5.74) is 2.09. The van der Waals surface area contributed by atoms with Gasteiger partial charge in [0.25, 0.3) is 0 Å². The van der Waals surface area contributed by atoms with Gasteiger partial charge in [0.15, 0.2) is 11.5 Å². The Morgan fingerprint density at radius 3 is 2.84 bits per heavy atom. The van der Waals surface area contributed by atoms with Gasteiger partial charge in [-0.1, -0.05) is 19.0 Å². The number of hydrogen-bond acceptors (Lipinski definition) is 5. The second-order valence-electron chi connectivity index (χ2n) is 5.59. The molecule has 0 spiro atoms. The molecule has 0 amide bonds. The largest absolute Gasteiger partial charge is 0.355 e. The van der Waals surface area contributed by atoms with E-state index in [2.05, 4.69) is 19.0 Å². The van der Waals surface area contributed by atoms with E-state index in [0.717, 1.165) is 32.4 Å². The molecule has 0 unspecified atom stereocenters. The van der Waals surface area contributed by atoms with Crippen LogP contribution < -0.4 is 0 Å². The summed E-state index contributed by atoms with van der Waals surface area (Å²) in [5.74, 6) is 1.03. The molecule has 1 aliphatic rings. The van der Waals surface area contributed by atoms with E-state index >= 15 is 0 Å². The van der Waals surface area contributed by atoms with Crippen LogP contribution in [0.15, 0.2) is 21.0 Å². The Bertz CT molecular complexity index is 626. The minimum absolute atomic E-state index is 0.0234. The number of hydrogen-bond donors (Lipinski definition) is 0. The zero-order valence-electron chi connectivity index (χ0n) is 11.1. The number of fused-ring (bicyclic) bond motifs is 1. The number of Topliss-reactive ketones (excluding diaryl/α,β-unsaturated/α-hetero) is 1. The van der Waals surface area contributed by atoms with Crippen LogP contribution in [0.3, 0.4) is 0 Å². The van der Waals surface area contributed by atoms with Crippen LogP contribution in [0.25, 0.3) is 10.6 Å². The molecular weight excluding hydrogens is 278 g/mol. The number of ketones is 1. The average molecular weight is 293 g/mol. The summed E-state index contributed by atoms with van der Waals surface area (Å²) >= 11 is 3.29. The summed E-state index contributed by atoms with van der Waals surface area (Å²) in [7, 11) is 0. The third-order valence-corrected chi connectivity index (χ3v) is 5.76. The number of carbonyl (C=O) groups is 1. The van der Waals surface area contributed by atoms with Crippen molar-refractivity contribution in [2.24, 2.45) is 5.41 Å². The maximum absolute atomic E-state index is 12.4. The molecule has 2 heterocycles. The Morgan fingerprint density at radius 2 is 2.21 bits per heavy atom. The molecule has 5 heteroatoms. The van der Waals surface area contributed by atoms with Crippen LogP contribution in [-0.2, 0) is 6.42 Å². The molecule has 3 nitrogen and oxygen atoms in total. The van der Waals surface area contributed by atoms with E-state index in [9.17, 15) is 4.79 Å². The standard InChI is InChI=1S/C14H15NO2S2/c1-14(2)6-8-11(9(16)7-14)13(18-3)19-12(8)10-4-5-15-17-10/h4-5H,6-7H2,1-3H3. The Labute approximate surface area is 120 Å². The fourth-order valence-corrected chi connectivity index (χ4v) is 4.68. The summed E-state index contributed by atoms with van der Waals surface area (Å²) in [6.07, 6.45) is 5.21. The summed E-state index contributed by atoms with van der Waals surface area (Å²) in [6.45, 7) is 4.29. The first-order chi connectivity index (χ1) is 9.02. The molecule has 1 aliphatic carbocycles. The van der Waals surface area contributed by atoms with Crippen LogP contribution in [0.4, 0.5) is 0 Å². The Balaban J connectivity index is 2.21. The molecule has 0 radical (unpaired) electrons. The SMILES string of the molecule is CSc1sc(-c2ccno2)c2c1C(=O)CC(C)(C)C2. The van der Waals surface area contributed by atoms with Crippen molar-refractivity contribution < 1.29 is 9.32 Å². The van der Waals surface area contributed by atoms with Gasteiger partial charge in [0.05, 0.1) is 15.3 Å². The quantitative estimate of drug-likeness (QED) is 0.775. The Hall–Kier alpha value is -1.07. The Morgan fingerprint density at radius 1 is 1.42 bits per heavy atom. The van der Waals surface area contributed by atoms with E-state index in [0.29, 0.717) is 6.42 Å². The molecule has 0 aromatic carbocycles. The van der Waals surface area contributed by atoms with Gasteiger partial charge >= 0.3 is 0 Å². The smallest absolute Gasteiger partial charge is 0.177 e. The molecule has 19 heavy (non-hydrogen) atoms. The number of thiophene rings is 1. The van der Waals surface area contributed by atoms with Gasteiger partial charge in [-0.25, -0.2) is 0 Å². The zero-order valence-corrected chi connectivity index (χ0v) is 12.8. The summed E-state index contributed by atoms with van der Waals surface area (Å²) in [5, 5.41) is 3.78. The molecule has 2 aromatic heterocycles. The molecule has 100 valence electrons. The predicted molar refractivity (Wildman–Crippen MR) is 78.0 cm³/mol. The number of aromatic nitrogens is 1. The fourth-order valence-electron chi connectivity index (χ4n) is 2.63. The molecule has 0 fully saturated rings. The fraction of sp³-hybridized carbons (Fsp3) is 0.429. The highest BCUT2D eigenvalue weighted by Gasteiger charge is 2.36. The van der Waals surface area contributed by atoms with Crippen LogP contribution in [0.5, 0.6) is 0 Å². The van der Waals surface area contributed by atoms with Gasteiger partial charge in [0.1, 0.15) is 0 Å². The average Bonchev–Trinajstić information content (AvgIpc) is 2.93. The summed E-state index contributed by atoms with van der Waals surface area (Å²) in [4.78, 5) is 13.5. The lowest BCUT2D eigenvalue weighted by atomic mass is 9.74. The van der Waals surface area contributed by atoms with Gasteiger partial charge in [-0.2, -0.15) is 0 Å². The van der Waals surface area contributed by atoms with Crippen molar-refractivity contribution in [1.29, 1.82) is 0 Å². The highest BCUT2D eigenvalue weighted by atomic mass is 32.2. The first-order valence-corrected chi connectivity index (χ1v) is 8.20. The monoisotopic (exact) mass is 293 g/mol. The highest BCUT2D eigenvalue weighted by molar-refractivity contribution is 8.00. The number of nitrogens with zero attached hydrogens (tertiary/aromatic N) is 1. The number of carbonyl (C=O) groups excluding carboxylic acids is 1. The highest BCUT2D eigenvalue weighted by Crippen LogP contribution is 2.47. The van der Waals surface area contributed by atoms with Crippen molar-refractivity contribution >= 4 is 28.9 Å².